The smallest absolute Gasteiger partial charge is 0.337 e. The fraction of sp³-hybridized carbons (Fsp3) is 0.579. The van der Waals surface area contributed by atoms with E-state index in [0.29, 0.717) is 44.0 Å². The van der Waals surface area contributed by atoms with Gasteiger partial charge in [-0.05, 0) is 30.5 Å². The number of likely N-dealkylation sites (tertiary alicyclic amines) is 1. The molecule has 148 valence electrons. The van der Waals surface area contributed by atoms with Gasteiger partial charge in [0.25, 0.3) is 0 Å². The molecule has 2 heterocycles. The first kappa shape index (κ1) is 20.0. The summed E-state index contributed by atoms with van der Waals surface area (Å²) in [5.74, 6) is 1.24. The number of carbonyl (C=O) groups is 2. The highest BCUT2D eigenvalue weighted by atomic mass is 32.2. The maximum absolute atomic E-state index is 12.2. The minimum atomic E-state index is -0.382. The molecule has 1 aromatic carbocycles. The monoisotopic (exact) mass is 395 g/mol. The van der Waals surface area contributed by atoms with Crippen LogP contribution >= 0.6 is 11.8 Å². The van der Waals surface area contributed by atoms with Crippen LogP contribution in [0.1, 0.15) is 16.8 Å². The maximum Gasteiger partial charge on any atom is 0.337 e. The first-order chi connectivity index (χ1) is 13.1. The van der Waals surface area contributed by atoms with Crippen molar-refractivity contribution < 1.29 is 28.5 Å². The van der Waals surface area contributed by atoms with Crippen molar-refractivity contribution in [2.24, 2.45) is 0 Å². The van der Waals surface area contributed by atoms with E-state index in [-0.39, 0.29) is 30.2 Å². The zero-order valence-corrected chi connectivity index (χ0v) is 16.4. The molecule has 3 rings (SSSR count). The van der Waals surface area contributed by atoms with E-state index in [0.717, 1.165) is 5.75 Å². The van der Waals surface area contributed by atoms with Gasteiger partial charge in [0.15, 0.2) is 0 Å². The SMILES string of the molecule is COC(=O)c1ccc(OC2CO[C@H]3CN(C(=O)CCSC)C[C@@H]3OC2)cc1. The van der Waals surface area contributed by atoms with Crippen molar-refractivity contribution in [2.45, 2.75) is 24.7 Å². The van der Waals surface area contributed by atoms with Crippen molar-refractivity contribution in [3.63, 3.8) is 0 Å². The van der Waals surface area contributed by atoms with Gasteiger partial charge < -0.3 is 23.8 Å². The van der Waals surface area contributed by atoms with Gasteiger partial charge >= 0.3 is 5.97 Å². The number of hydrogen-bond donors (Lipinski definition) is 0. The molecule has 0 aromatic heterocycles. The fourth-order valence-electron chi connectivity index (χ4n) is 3.17. The van der Waals surface area contributed by atoms with Crippen LogP contribution in [0, 0.1) is 0 Å². The number of amides is 1. The summed E-state index contributed by atoms with van der Waals surface area (Å²) in [4.78, 5) is 25.5. The van der Waals surface area contributed by atoms with E-state index in [2.05, 4.69) is 4.74 Å². The van der Waals surface area contributed by atoms with Crippen molar-refractivity contribution in [2.75, 3.05) is 45.4 Å². The summed E-state index contributed by atoms with van der Waals surface area (Å²) < 4.78 is 22.5. The van der Waals surface area contributed by atoms with Gasteiger partial charge in [-0.1, -0.05) is 0 Å². The van der Waals surface area contributed by atoms with Crippen LogP contribution in [0.2, 0.25) is 0 Å². The van der Waals surface area contributed by atoms with Crippen LogP contribution in [0.3, 0.4) is 0 Å². The molecule has 0 bridgehead atoms. The number of nitrogens with zero attached hydrogens (tertiary/aromatic N) is 1. The molecule has 0 saturated carbocycles. The minimum Gasteiger partial charge on any atom is -0.486 e. The van der Waals surface area contributed by atoms with E-state index in [1.807, 2.05) is 11.2 Å². The summed E-state index contributed by atoms with van der Waals surface area (Å²) in [7, 11) is 1.35. The lowest BCUT2D eigenvalue weighted by Gasteiger charge is -2.19. The lowest BCUT2D eigenvalue weighted by atomic mass is 10.2. The van der Waals surface area contributed by atoms with Gasteiger partial charge in [-0.25, -0.2) is 4.79 Å². The molecule has 2 aliphatic rings. The number of hydrogen-bond acceptors (Lipinski definition) is 7. The summed E-state index contributed by atoms with van der Waals surface area (Å²) >= 11 is 1.67. The molecular weight excluding hydrogens is 370 g/mol. The molecule has 2 fully saturated rings. The Balaban J connectivity index is 1.49. The summed E-state index contributed by atoms with van der Waals surface area (Å²) in [6, 6.07) is 6.77. The average molecular weight is 395 g/mol. The Labute approximate surface area is 163 Å². The van der Waals surface area contributed by atoms with Crippen molar-refractivity contribution in [3.05, 3.63) is 29.8 Å². The van der Waals surface area contributed by atoms with E-state index >= 15 is 0 Å². The third kappa shape index (κ3) is 5.15. The largest absolute Gasteiger partial charge is 0.486 e. The van der Waals surface area contributed by atoms with Crippen LogP contribution < -0.4 is 4.74 Å². The third-order valence-corrected chi connectivity index (χ3v) is 5.27. The Morgan fingerprint density at radius 3 is 2.33 bits per heavy atom. The second-order valence-corrected chi connectivity index (χ2v) is 7.53. The van der Waals surface area contributed by atoms with E-state index in [9.17, 15) is 9.59 Å². The minimum absolute atomic E-state index is 0.112. The molecule has 0 N–H and O–H groups in total. The average Bonchev–Trinajstić information content (AvgIpc) is 3.02. The molecule has 27 heavy (non-hydrogen) atoms. The van der Waals surface area contributed by atoms with E-state index in [4.69, 9.17) is 14.2 Å². The Morgan fingerprint density at radius 1 is 1.15 bits per heavy atom. The van der Waals surface area contributed by atoms with Crippen LogP contribution in [0.25, 0.3) is 0 Å². The molecule has 0 spiro atoms. The van der Waals surface area contributed by atoms with Crippen LogP contribution in [-0.4, -0.2) is 80.5 Å². The number of benzene rings is 1. The molecule has 0 radical (unpaired) electrons. The van der Waals surface area contributed by atoms with E-state index in [1.165, 1.54) is 7.11 Å². The second-order valence-electron chi connectivity index (χ2n) is 6.54. The van der Waals surface area contributed by atoms with Gasteiger partial charge in [-0.15, -0.1) is 0 Å². The lowest BCUT2D eigenvalue weighted by molar-refractivity contribution is -0.130. The van der Waals surface area contributed by atoms with Crippen LogP contribution in [0.4, 0.5) is 0 Å². The molecule has 0 unspecified atom stereocenters. The quantitative estimate of drug-likeness (QED) is 0.678. The normalized spacial score (nSPS) is 22.8. The number of carbonyl (C=O) groups excluding carboxylic acids is 2. The number of thioether (sulfide) groups is 1. The molecule has 1 amide bonds. The molecule has 0 aliphatic carbocycles. The summed E-state index contributed by atoms with van der Waals surface area (Å²) in [6.45, 7) is 1.93. The predicted molar refractivity (Wildman–Crippen MR) is 101 cm³/mol. The number of ether oxygens (including phenoxy) is 4. The van der Waals surface area contributed by atoms with E-state index < -0.39 is 0 Å². The number of methoxy groups -OCH3 is 1. The molecule has 7 nitrogen and oxygen atoms in total. The first-order valence-electron chi connectivity index (χ1n) is 8.95. The predicted octanol–water partition coefficient (Wildman–Crippen LogP) is 1.60. The van der Waals surface area contributed by atoms with Gasteiger partial charge in [0, 0.05) is 25.3 Å². The van der Waals surface area contributed by atoms with Crippen LogP contribution in [0.15, 0.2) is 24.3 Å². The molecule has 1 aromatic rings. The topological polar surface area (TPSA) is 74.3 Å². The molecule has 2 atom stereocenters. The highest BCUT2D eigenvalue weighted by Gasteiger charge is 2.39. The highest BCUT2D eigenvalue weighted by Crippen LogP contribution is 2.23. The van der Waals surface area contributed by atoms with E-state index in [1.54, 1.807) is 36.0 Å². The maximum atomic E-state index is 12.2. The summed E-state index contributed by atoms with van der Waals surface area (Å²) in [5.41, 5.74) is 0.471. The number of rotatable bonds is 6. The van der Waals surface area contributed by atoms with Crippen molar-refractivity contribution >= 4 is 23.6 Å². The zero-order chi connectivity index (χ0) is 19.2. The van der Waals surface area contributed by atoms with Gasteiger partial charge in [-0.2, -0.15) is 11.8 Å². The van der Waals surface area contributed by atoms with Crippen LogP contribution in [0.5, 0.6) is 5.75 Å². The van der Waals surface area contributed by atoms with Gasteiger partial charge in [-0.3, -0.25) is 4.79 Å². The summed E-state index contributed by atoms with van der Waals surface area (Å²) in [6.07, 6.45) is 2.09. The third-order valence-electron chi connectivity index (χ3n) is 4.66. The number of fused-ring (bicyclic) bond motifs is 1. The van der Waals surface area contributed by atoms with Gasteiger partial charge in [0.05, 0.1) is 25.9 Å². The zero-order valence-electron chi connectivity index (χ0n) is 15.6. The first-order valence-corrected chi connectivity index (χ1v) is 10.3. The van der Waals surface area contributed by atoms with Crippen molar-refractivity contribution in [1.82, 2.24) is 4.90 Å². The Morgan fingerprint density at radius 2 is 1.78 bits per heavy atom. The molecule has 2 aliphatic heterocycles. The fourth-order valence-corrected chi connectivity index (χ4v) is 3.55. The molecule has 8 heteroatoms. The number of esters is 1. The lowest BCUT2D eigenvalue weighted by Crippen LogP contribution is -2.33. The Hall–Kier alpha value is -1.77. The molecular formula is C19H25NO6S. The van der Waals surface area contributed by atoms with Crippen LogP contribution in [-0.2, 0) is 19.0 Å². The van der Waals surface area contributed by atoms with Crippen molar-refractivity contribution in [1.29, 1.82) is 0 Å². The standard InChI is InChI=1S/C19H25NO6S/c1-23-19(22)13-3-5-14(6-4-13)26-15-11-24-16-9-20(10-17(16)25-12-15)18(21)7-8-27-2/h3-6,15-17H,7-12H2,1-2H3/t16-,17-/m0/s1. The Kier molecular flexibility index (Phi) is 6.98. The molecule has 2 saturated heterocycles. The summed E-state index contributed by atoms with van der Waals surface area (Å²) in [5, 5.41) is 0. The highest BCUT2D eigenvalue weighted by molar-refractivity contribution is 7.98. The van der Waals surface area contributed by atoms with Crippen molar-refractivity contribution in [3.8, 4) is 5.75 Å². The second kappa shape index (κ2) is 9.43. The van der Waals surface area contributed by atoms with Gasteiger partial charge in [0.1, 0.15) is 24.1 Å². The van der Waals surface area contributed by atoms with Gasteiger partial charge in [0.2, 0.25) is 5.91 Å². The Bertz CT molecular complexity index is 636.